The minimum absolute atomic E-state index is 0.0741. The fourth-order valence-electron chi connectivity index (χ4n) is 3.99. The van der Waals surface area contributed by atoms with Crippen molar-refractivity contribution in [2.45, 2.75) is 77.5 Å². The predicted molar refractivity (Wildman–Crippen MR) is 128 cm³/mol. The number of carbonyl (C=O) groups is 1. The maximum atomic E-state index is 16.2. The molecule has 1 aliphatic rings. The molecule has 1 fully saturated rings. The van der Waals surface area contributed by atoms with Gasteiger partial charge >= 0.3 is 5.97 Å². The van der Waals surface area contributed by atoms with Crippen LogP contribution in [0, 0.1) is 31.3 Å². The number of nitrogens with one attached hydrogen (secondary N) is 1. The molecule has 8 heteroatoms. The molecule has 4 nitrogen and oxygen atoms in total. The highest BCUT2D eigenvalue weighted by Gasteiger charge is 2.38. The number of halogens is 3. The van der Waals surface area contributed by atoms with E-state index in [9.17, 15) is 13.7 Å². The molecule has 0 radical (unpaired) electrons. The highest BCUT2D eigenvalue weighted by atomic mass is 32.2. The van der Waals surface area contributed by atoms with Crippen LogP contribution in [0.3, 0.4) is 0 Å². The fraction of sp³-hybridized carbons (Fsp3) is 0.500. The molecule has 34 heavy (non-hydrogen) atoms. The summed E-state index contributed by atoms with van der Waals surface area (Å²) >= 11 is -1.72. The number of rotatable bonds is 8. The number of aryl methyl sites for hydroxylation is 1. The monoisotopic (exact) mass is 495 g/mol. The molecule has 0 bridgehead atoms. The van der Waals surface area contributed by atoms with Crippen LogP contribution in [0.25, 0.3) is 11.1 Å². The van der Waals surface area contributed by atoms with Crippen LogP contribution < -0.4 is 4.72 Å². The second-order valence-corrected chi connectivity index (χ2v) is 11.8. The Hall–Kier alpha value is -2.03. The summed E-state index contributed by atoms with van der Waals surface area (Å²) in [7, 11) is 0. The first-order chi connectivity index (χ1) is 15.9. The number of hydrogen-bond donors (Lipinski definition) is 1. The molecule has 1 saturated carbocycles. The van der Waals surface area contributed by atoms with Gasteiger partial charge in [-0.1, -0.05) is 6.07 Å². The van der Waals surface area contributed by atoms with E-state index in [-0.39, 0.29) is 29.2 Å². The second kappa shape index (κ2) is 10.3. The molecule has 1 aliphatic carbocycles. The number of carbonyl (C=O) groups excluding carboxylic acids is 1. The molecular weight excluding hydrogens is 463 g/mol. The topological polar surface area (TPSA) is 61.4 Å². The Kier molecular flexibility index (Phi) is 8.05. The van der Waals surface area contributed by atoms with E-state index in [0.717, 1.165) is 12.8 Å². The highest BCUT2D eigenvalue weighted by Crippen LogP contribution is 2.46. The minimum atomic E-state index is -1.72. The Balaban J connectivity index is 2.25. The molecule has 0 saturated heterocycles. The molecule has 2 atom stereocenters. The Morgan fingerprint density at radius 3 is 2.41 bits per heavy atom. The summed E-state index contributed by atoms with van der Waals surface area (Å²) in [6.45, 7) is 10.2. The molecule has 1 unspecified atom stereocenters. The zero-order chi connectivity index (χ0) is 25.4. The third-order valence-corrected chi connectivity index (χ3v) is 7.60. The van der Waals surface area contributed by atoms with E-state index < -0.39 is 52.0 Å². The van der Waals surface area contributed by atoms with Gasteiger partial charge in [-0.3, -0.25) is 4.79 Å². The van der Waals surface area contributed by atoms with Gasteiger partial charge in [-0.05, 0) is 94.7 Å². The standard InChI is InChI=1S/C26H32F3NO3S/c1-7-33-21(31)13-20(30-34(32)26(4,5)6)23-24(28)17(16-9-10-16)12-18(25(23)29)22-14(2)8-11-19(27)15(22)3/h8,11-12,16,20,30H,7,9-10,13H2,1-6H3/t20-,34?/m0/s1. The molecule has 0 aliphatic heterocycles. The quantitative estimate of drug-likeness (QED) is 0.344. The molecule has 0 aromatic heterocycles. The van der Waals surface area contributed by atoms with E-state index >= 15 is 8.78 Å². The summed E-state index contributed by atoms with van der Waals surface area (Å²) in [6.07, 6.45) is 1.11. The van der Waals surface area contributed by atoms with Crippen molar-refractivity contribution in [3.63, 3.8) is 0 Å². The summed E-state index contributed by atoms with van der Waals surface area (Å²) in [5, 5.41) is 0. The lowest BCUT2D eigenvalue weighted by Crippen LogP contribution is -2.42. The second-order valence-electron chi connectivity index (χ2n) is 9.75. The molecular formula is C26H32F3NO3S. The largest absolute Gasteiger partial charge is 0.598 e. The fourth-order valence-corrected chi connectivity index (χ4v) is 4.80. The zero-order valence-electron chi connectivity index (χ0n) is 20.5. The molecule has 186 valence electrons. The van der Waals surface area contributed by atoms with Gasteiger partial charge in [0, 0.05) is 22.5 Å². The van der Waals surface area contributed by atoms with Gasteiger partial charge in [0.15, 0.2) is 0 Å². The van der Waals surface area contributed by atoms with Crippen molar-refractivity contribution in [3.05, 3.63) is 57.9 Å². The van der Waals surface area contributed by atoms with Gasteiger partial charge in [0.2, 0.25) is 0 Å². The van der Waals surface area contributed by atoms with Crippen LogP contribution in [-0.2, 0) is 20.9 Å². The maximum Gasteiger partial charge on any atom is 0.307 e. The summed E-state index contributed by atoms with van der Waals surface area (Å²) < 4.78 is 66.4. The lowest BCUT2D eigenvalue weighted by Gasteiger charge is -2.29. The van der Waals surface area contributed by atoms with Crippen LogP contribution in [0.4, 0.5) is 13.2 Å². The van der Waals surface area contributed by atoms with Gasteiger partial charge in [-0.15, -0.1) is 4.72 Å². The van der Waals surface area contributed by atoms with Crippen LogP contribution >= 0.6 is 0 Å². The molecule has 0 spiro atoms. The Labute approximate surface area is 202 Å². The van der Waals surface area contributed by atoms with E-state index in [4.69, 9.17) is 4.74 Å². The van der Waals surface area contributed by atoms with Crippen LogP contribution in [0.15, 0.2) is 18.2 Å². The van der Waals surface area contributed by atoms with Crippen molar-refractivity contribution in [1.29, 1.82) is 0 Å². The van der Waals surface area contributed by atoms with Gasteiger partial charge in [0.25, 0.3) is 0 Å². The number of esters is 1. The lowest BCUT2D eigenvalue weighted by atomic mass is 9.88. The molecule has 1 N–H and O–H groups in total. The Morgan fingerprint density at radius 2 is 1.85 bits per heavy atom. The third kappa shape index (κ3) is 5.61. The number of hydrogen-bond acceptors (Lipinski definition) is 4. The Morgan fingerprint density at radius 1 is 1.21 bits per heavy atom. The minimum Gasteiger partial charge on any atom is -0.598 e. The first-order valence-corrected chi connectivity index (χ1v) is 12.6. The first-order valence-electron chi connectivity index (χ1n) is 11.5. The summed E-state index contributed by atoms with van der Waals surface area (Å²) in [5.41, 5.74) is 1.29. The van der Waals surface area contributed by atoms with Gasteiger partial charge in [0.1, 0.15) is 22.2 Å². The average molecular weight is 496 g/mol. The van der Waals surface area contributed by atoms with Crippen molar-refractivity contribution in [1.82, 2.24) is 4.72 Å². The van der Waals surface area contributed by atoms with E-state index in [0.29, 0.717) is 16.7 Å². The van der Waals surface area contributed by atoms with Crippen molar-refractivity contribution in [2.75, 3.05) is 6.61 Å². The van der Waals surface area contributed by atoms with Gasteiger partial charge < -0.3 is 9.29 Å². The van der Waals surface area contributed by atoms with Gasteiger partial charge in [-0.25, -0.2) is 13.2 Å². The van der Waals surface area contributed by atoms with Crippen molar-refractivity contribution in [3.8, 4) is 11.1 Å². The maximum absolute atomic E-state index is 16.2. The average Bonchev–Trinajstić information content (AvgIpc) is 3.57. The van der Waals surface area contributed by atoms with Crippen LogP contribution in [0.5, 0.6) is 0 Å². The normalized spacial score (nSPS) is 15.8. The number of benzene rings is 2. The molecule has 3 rings (SSSR count). The lowest BCUT2D eigenvalue weighted by molar-refractivity contribution is -0.143. The summed E-state index contributed by atoms with van der Waals surface area (Å²) in [6, 6.07) is 3.10. The van der Waals surface area contributed by atoms with Crippen LogP contribution in [0.1, 0.15) is 81.2 Å². The molecule has 2 aromatic carbocycles. The van der Waals surface area contributed by atoms with E-state index in [1.165, 1.54) is 12.1 Å². The predicted octanol–water partition coefficient (Wildman–Crippen LogP) is 6.31. The van der Waals surface area contributed by atoms with Crippen molar-refractivity contribution in [2.24, 2.45) is 0 Å². The highest BCUT2D eigenvalue weighted by molar-refractivity contribution is 7.90. The van der Waals surface area contributed by atoms with E-state index in [1.54, 1.807) is 47.6 Å². The smallest absolute Gasteiger partial charge is 0.307 e. The third-order valence-electron chi connectivity index (χ3n) is 5.99. The van der Waals surface area contributed by atoms with Crippen molar-refractivity contribution >= 4 is 17.3 Å². The first kappa shape index (κ1) is 26.6. The van der Waals surface area contributed by atoms with Crippen molar-refractivity contribution < 1.29 is 27.3 Å². The van der Waals surface area contributed by atoms with Crippen LogP contribution in [0.2, 0.25) is 0 Å². The SMILES string of the molecule is CCOC(=O)C[C@H](N[S+]([O-])C(C)(C)C)c1c(F)c(-c2c(C)ccc(F)c2C)cc(C2CC2)c1F. The van der Waals surface area contributed by atoms with Crippen LogP contribution in [-0.4, -0.2) is 21.9 Å². The van der Waals surface area contributed by atoms with Gasteiger partial charge in [0.05, 0.1) is 19.1 Å². The van der Waals surface area contributed by atoms with Gasteiger partial charge in [-0.2, -0.15) is 0 Å². The summed E-state index contributed by atoms with van der Waals surface area (Å²) in [4.78, 5) is 12.4. The zero-order valence-corrected chi connectivity index (χ0v) is 21.3. The molecule has 0 amide bonds. The summed E-state index contributed by atoms with van der Waals surface area (Å²) in [5.74, 6) is -2.90. The molecule has 2 aromatic rings. The molecule has 0 heterocycles. The Bertz CT molecular complexity index is 1080. The van der Waals surface area contributed by atoms with E-state index in [2.05, 4.69) is 4.72 Å². The number of ether oxygens (including phenoxy) is 1. The van der Waals surface area contributed by atoms with E-state index in [1.807, 2.05) is 0 Å².